The molecule has 0 N–H and O–H groups in total. The Labute approximate surface area is 209 Å². The third-order valence-corrected chi connectivity index (χ3v) is 10.6. The molecule has 9 rings (SSSR count). The van der Waals surface area contributed by atoms with E-state index >= 15 is 0 Å². The molecule has 0 saturated heterocycles. The fourth-order valence-corrected chi connectivity index (χ4v) is 8.27. The Bertz CT molecular complexity index is 1140. The molecule has 180 valence electrons. The van der Waals surface area contributed by atoms with Crippen molar-refractivity contribution < 1.29 is 9.18 Å². The maximum absolute atomic E-state index is 14.3. The second-order valence-electron chi connectivity index (χ2n) is 12.5. The number of fused-ring (bicyclic) bond motifs is 3. The molecule has 0 spiro atoms. The standard InChI is InChI=1S/C28H33BrFN3O/c1-32-23(14-22(31-32)19-5-6-19)26-10-7-25(8-11-26,9-12-26)18-33(21-4-2-3-20(29)13-21)24(34)27-15-28(30,16-27)17-27/h2-4,13-14,19H,5-12,15-18H2,1H3. The molecule has 7 saturated carbocycles. The molecular weight excluding hydrogens is 493 g/mol. The van der Waals surface area contributed by atoms with Gasteiger partial charge in [-0.15, -0.1) is 0 Å². The van der Waals surface area contributed by atoms with Crippen LogP contribution in [0.15, 0.2) is 34.8 Å². The van der Waals surface area contributed by atoms with Crippen molar-refractivity contribution in [2.24, 2.45) is 17.9 Å². The van der Waals surface area contributed by atoms with Gasteiger partial charge in [0, 0.05) is 40.8 Å². The molecule has 0 radical (unpaired) electrons. The minimum Gasteiger partial charge on any atom is -0.311 e. The highest BCUT2D eigenvalue weighted by Gasteiger charge is 2.73. The van der Waals surface area contributed by atoms with Crippen LogP contribution in [0.4, 0.5) is 10.1 Å². The predicted octanol–water partition coefficient (Wildman–Crippen LogP) is 6.58. The molecule has 0 unspecified atom stereocenters. The van der Waals surface area contributed by atoms with E-state index < -0.39 is 11.1 Å². The van der Waals surface area contributed by atoms with E-state index in [4.69, 9.17) is 5.10 Å². The lowest BCUT2D eigenvalue weighted by Gasteiger charge is -2.65. The second kappa shape index (κ2) is 6.96. The van der Waals surface area contributed by atoms with Crippen LogP contribution in [0.1, 0.15) is 87.9 Å². The number of aryl methyl sites for hydroxylation is 1. The normalized spacial score (nSPS) is 37.7. The van der Waals surface area contributed by atoms with Crippen LogP contribution in [-0.4, -0.2) is 27.9 Å². The fraction of sp³-hybridized carbons (Fsp3) is 0.643. The Balaban J connectivity index is 1.14. The third-order valence-electron chi connectivity index (χ3n) is 10.1. The van der Waals surface area contributed by atoms with E-state index in [9.17, 15) is 9.18 Å². The number of rotatable bonds is 6. The monoisotopic (exact) mass is 525 g/mol. The molecule has 7 aliphatic rings. The Morgan fingerprint density at radius 1 is 1.12 bits per heavy atom. The van der Waals surface area contributed by atoms with Gasteiger partial charge in [-0.3, -0.25) is 9.48 Å². The lowest BCUT2D eigenvalue weighted by Crippen LogP contribution is -2.71. The number of nitrogens with zero attached hydrogens (tertiary/aromatic N) is 3. The Hall–Kier alpha value is -1.69. The van der Waals surface area contributed by atoms with Crippen LogP contribution in [0.3, 0.4) is 0 Å². The molecule has 4 nitrogen and oxygen atoms in total. The zero-order valence-corrected chi connectivity index (χ0v) is 21.5. The van der Waals surface area contributed by atoms with Crippen molar-refractivity contribution in [2.45, 2.75) is 87.6 Å². The molecule has 1 aromatic heterocycles. The number of anilines is 1. The van der Waals surface area contributed by atoms with Gasteiger partial charge < -0.3 is 4.90 Å². The number of alkyl halides is 1. The summed E-state index contributed by atoms with van der Waals surface area (Å²) >= 11 is 3.59. The van der Waals surface area contributed by atoms with Gasteiger partial charge in [0.1, 0.15) is 5.67 Å². The molecule has 1 heterocycles. The zero-order chi connectivity index (χ0) is 23.3. The molecule has 7 fully saturated rings. The van der Waals surface area contributed by atoms with Gasteiger partial charge in [0.25, 0.3) is 0 Å². The highest BCUT2D eigenvalue weighted by Crippen LogP contribution is 2.70. The van der Waals surface area contributed by atoms with E-state index in [0.717, 1.165) is 36.0 Å². The summed E-state index contributed by atoms with van der Waals surface area (Å²) in [5.74, 6) is 0.843. The molecule has 6 heteroatoms. The fourth-order valence-electron chi connectivity index (χ4n) is 7.89. The first-order chi connectivity index (χ1) is 16.2. The van der Waals surface area contributed by atoms with Gasteiger partial charge in [0.05, 0.1) is 11.1 Å². The van der Waals surface area contributed by atoms with Crippen LogP contribution in [0.5, 0.6) is 0 Å². The van der Waals surface area contributed by atoms with Crippen LogP contribution in [0.2, 0.25) is 0 Å². The number of carbonyl (C=O) groups is 1. The summed E-state index contributed by atoms with van der Waals surface area (Å²) in [6.45, 7) is 0.762. The first-order valence-electron chi connectivity index (χ1n) is 13.0. The van der Waals surface area contributed by atoms with Crippen molar-refractivity contribution in [3.05, 3.63) is 46.2 Å². The van der Waals surface area contributed by atoms with E-state index in [-0.39, 0.29) is 16.7 Å². The molecule has 0 aliphatic heterocycles. The van der Waals surface area contributed by atoms with Gasteiger partial charge in [0.2, 0.25) is 5.91 Å². The lowest BCUT2D eigenvalue weighted by molar-refractivity contribution is -0.211. The molecule has 4 bridgehead atoms. The van der Waals surface area contributed by atoms with Crippen molar-refractivity contribution in [1.29, 1.82) is 0 Å². The van der Waals surface area contributed by atoms with Crippen molar-refractivity contribution in [2.75, 3.05) is 11.4 Å². The molecule has 0 atom stereocenters. The van der Waals surface area contributed by atoms with E-state index in [2.05, 4.69) is 39.8 Å². The Kier molecular flexibility index (Phi) is 4.41. The highest BCUT2D eigenvalue weighted by atomic mass is 79.9. The summed E-state index contributed by atoms with van der Waals surface area (Å²) in [6, 6.07) is 10.5. The summed E-state index contributed by atoms with van der Waals surface area (Å²) in [5.41, 5.74) is 2.58. The van der Waals surface area contributed by atoms with Crippen molar-refractivity contribution in [1.82, 2.24) is 9.78 Å². The van der Waals surface area contributed by atoms with E-state index in [1.54, 1.807) is 0 Å². The topological polar surface area (TPSA) is 38.1 Å². The van der Waals surface area contributed by atoms with Gasteiger partial charge >= 0.3 is 0 Å². The SMILES string of the molecule is Cn1nc(C2CC2)cc1C12CCC(CN(C(=O)C34CC(F)(C3)C4)c3cccc(Br)c3)(CC1)CC2. The largest absolute Gasteiger partial charge is 0.311 e. The molecule has 1 amide bonds. The maximum Gasteiger partial charge on any atom is 0.233 e. The van der Waals surface area contributed by atoms with Crippen LogP contribution in [0, 0.1) is 10.8 Å². The summed E-state index contributed by atoms with van der Waals surface area (Å²) in [7, 11) is 2.13. The summed E-state index contributed by atoms with van der Waals surface area (Å²) < 4.78 is 17.5. The Morgan fingerprint density at radius 2 is 1.79 bits per heavy atom. The van der Waals surface area contributed by atoms with Crippen LogP contribution in [0.25, 0.3) is 0 Å². The van der Waals surface area contributed by atoms with Crippen LogP contribution >= 0.6 is 15.9 Å². The quantitative estimate of drug-likeness (QED) is 0.427. The van der Waals surface area contributed by atoms with Crippen molar-refractivity contribution in [3.63, 3.8) is 0 Å². The molecular formula is C28H33BrFN3O. The lowest BCUT2D eigenvalue weighted by atomic mass is 9.41. The zero-order valence-electron chi connectivity index (χ0n) is 20.0. The predicted molar refractivity (Wildman–Crippen MR) is 134 cm³/mol. The van der Waals surface area contributed by atoms with Crippen molar-refractivity contribution >= 4 is 27.5 Å². The van der Waals surface area contributed by atoms with Crippen LogP contribution in [-0.2, 0) is 17.3 Å². The van der Waals surface area contributed by atoms with E-state index in [0.29, 0.717) is 25.2 Å². The number of hydrogen-bond acceptors (Lipinski definition) is 2. The molecule has 7 aliphatic carbocycles. The Morgan fingerprint density at radius 3 is 2.38 bits per heavy atom. The number of benzene rings is 1. The van der Waals surface area contributed by atoms with Crippen molar-refractivity contribution in [3.8, 4) is 0 Å². The van der Waals surface area contributed by atoms with Gasteiger partial charge in [0.15, 0.2) is 0 Å². The molecule has 1 aromatic carbocycles. The van der Waals surface area contributed by atoms with E-state index in [1.165, 1.54) is 43.5 Å². The van der Waals surface area contributed by atoms with Gasteiger partial charge in [-0.25, -0.2) is 4.39 Å². The minimum atomic E-state index is -1.06. The maximum atomic E-state index is 14.3. The van der Waals surface area contributed by atoms with Gasteiger partial charge in [-0.1, -0.05) is 22.0 Å². The average Bonchev–Trinajstić information content (AvgIpc) is 3.57. The highest BCUT2D eigenvalue weighted by molar-refractivity contribution is 9.10. The first kappa shape index (κ1) is 21.6. The van der Waals surface area contributed by atoms with Gasteiger partial charge in [-0.05, 0) is 100 Å². The smallest absolute Gasteiger partial charge is 0.233 e. The third kappa shape index (κ3) is 3.12. The minimum absolute atomic E-state index is 0.155. The number of halogens is 2. The summed E-state index contributed by atoms with van der Waals surface area (Å²) in [6.07, 6.45) is 10.8. The number of amides is 1. The number of aromatic nitrogens is 2. The molecule has 2 aromatic rings. The average molecular weight is 526 g/mol. The van der Waals surface area contributed by atoms with Gasteiger partial charge in [-0.2, -0.15) is 5.10 Å². The van der Waals surface area contributed by atoms with Crippen LogP contribution < -0.4 is 4.90 Å². The summed E-state index contributed by atoms with van der Waals surface area (Å²) in [4.78, 5) is 15.9. The molecule has 34 heavy (non-hydrogen) atoms. The summed E-state index contributed by atoms with van der Waals surface area (Å²) in [5, 5.41) is 4.88. The second-order valence-corrected chi connectivity index (χ2v) is 13.4. The van der Waals surface area contributed by atoms with E-state index in [1.807, 2.05) is 23.1 Å². The first-order valence-corrected chi connectivity index (χ1v) is 13.8. The number of hydrogen-bond donors (Lipinski definition) is 0. The number of carbonyl (C=O) groups excluding carboxylic acids is 1.